The average Bonchev–Trinajstić information content (AvgIpc) is 3.07. The molecule has 0 radical (unpaired) electrons. The van der Waals surface area contributed by atoms with Crippen molar-refractivity contribution in [1.82, 2.24) is 0 Å². The highest BCUT2D eigenvalue weighted by Gasteiger charge is 2.44. The lowest BCUT2D eigenvalue weighted by atomic mass is 10.00. The minimum Gasteiger partial charge on any atom is -0.489 e. The number of aliphatic hydroxyl groups is 1. The van der Waals surface area contributed by atoms with Gasteiger partial charge in [-0.3, -0.25) is 0 Å². The van der Waals surface area contributed by atoms with Gasteiger partial charge in [0.15, 0.2) is 11.5 Å². The summed E-state index contributed by atoms with van der Waals surface area (Å²) in [5.41, 5.74) is 1.14. The number of hydrogen-bond donors (Lipinski definition) is 1. The van der Waals surface area contributed by atoms with E-state index < -0.39 is 5.60 Å². The van der Waals surface area contributed by atoms with E-state index in [-0.39, 0.29) is 0 Å². The number of rotatable bonds is 1. The first-order chi connectivity index (χ1) is 8.12. The lowest BCUT2D eigenvalue weighted by molar-refractivity contribution is 0.150. The Bertz CT molecular complexity index is 466. The molecule has 1 saturated carbocycles. The second-order valence-corrected chi connectivity index (χ2v) is 5.18. The molecule has 0 aromatic heterocycles. The van der Waals surface area contributed by atoms with Crippen molar-refractivity contribution in [2.45, 2.75) is 31.8 Å². The van der Waals surface area contributed by atoms with Gasteiger partial charge in [-0.15, -0.1) is 0 Å². The molecular formula is C13H15ClO3. The molecule has 4 heteroatoms. The Kier molecular flexibility index (Phi) is 2.49. The first-order valence-electron chi connectivity index (χ1n) is 5.93. The lowest BCUT2D eigenvalue weighted by Crippen LogP contribution is -2.09. The zero-order chi connectivity index (χ0) is 12.0. The van der Waals surface area contributed by atoms with E-state index in [2.05, 4.69) is 0 Å². The topological polar surface area (TPSA) is 38.7 Å². The van der Waals surface area contributed by atoms with Crippen molar-refractivity contribution in [2.24, 2.45) is 0 Å². The molecule has 1 N–H and O–H groups in total. The minimum absolute atomic E-state index is 0.530. The van der Waals surface area contributed by atoms with E-state index in [1.54, 1.807) is 0 Å². The first kappa shape index (κ1) is 11.2. The van der Waals surface area contributed by atoms with Gasteiger partial charge < -0.3 is 14.6 Å². The summed E-state index contributed by atoms with van der Waals surface area (Å²) >= 11 is 6.21. The van der Waals surface area contributed by atoms with E-state index in [1.165, 1.54) is 0 Å². The van der Waals surface area contributed by atoms with Crippen LogP contribution in [0.5, 0.6) is 11.5 Å². The van der Waals surface area contributed by atoms with Gasteiger partial charge in [-0.2, -0.15) is 0 Å². The molecule has 3 rings (SSSR count). The SMILES string of the molecule is Cc1c(C2(O)CC2)cc(Cl)c2c1OCCCO2. The molecule has 0 atom stereocenters. The van der Waals surface area contributed by atoms with Gasteiger partial charge in [0.1, 0.15) is 0 Å². The van der Waals surface area contributed by atoms with Gasteiger partial charge in [0.05, 0.1) is 23.8 Å². The van der Waals surface area contributed by atoms with Gasteiger partial charge in [0.25, 0.3) is 0 Å². The fraction of sp³-hybridized carbons (Fsp3) is 0.538. The van der Waals surface area contributed by atoms with Crippen LogP contribution in [0.2, 0.25) is 5.02 Å². The van der Waals surface area contributed by atoms with Gasteiger partial charge in [0.2, 0.25) is 0 Å². The molecule has 0 bridgehead atoms. The molecule has 1 fully saturated rings. The highest BCUT2D eigenvalue weighted by molar-refractivity contribution is 6.32. The van der Waals surface area contributed by atoms with Crippen molar-refractivity contribution in [2.75, 3.05) is 13.2 Å². The van der Waals surface area contributed by atoms with Crippen molar-refractivity contribution >= 4 is 11.6 Å². The molecule has 1 heterocycles. The van der Waals surface area contributed by atoms with E-state index in [4.69, 9.17) is 21.1 Å². The van der Waals surface area contributed by atoms with Crippen molar-refractivity contribution < 1.29 is 14.6 Å². The average molecular weight is 255 g/mol. The number of ether oxygens (including phenoxy) is 2. The summed E-state index contributed by atoms with van der Waals surface area (Å²) in [7, 11) is 0. The van der Waals surface area contributed by atoms with E-state index >= 15 is 0 Å². The Balaban J connectivity index is 2.15. The maximum atomic E-state index is 10.2. The molecule has 17 heavy (non-hydrogen) atoms. The van der Waals surface area contributed by atoms with Crippen LogP contribution in [0.4, 0.5) is 0 Å². The Labute approximate surface area is 105 Å². The zero-order valence-electron chi connectivity index (χ0n) is 9.75. The number of hydrogen-bond acceptors (Lipinski definition) is 3. The predicted octanol–water partition coefficient (Wildman–Crippen LogP) is 2.79. The van der Waals surface area contributed by atoms with Crippen LogP contribution >= 0.6 is 11.6 Å². The summed E-state index contributed by atoms with van der Waals surface area (Å²) in [5.74, 6) is 1.32. The van der Waals surface area contributed by atoms with Gasteiger partial charge in [0, 0.05) is 12.0 Å². The van der Waals surface area contributed by atoms with Crippen molar-refractivity contribution in [3.8, 4) is 11.5 Å². The predicted molar refractivity (Wildman–Crippen MR) is 64.9 cm³/mol. The molecule has 2 aliphatic rings. The summed E-state index contributed by atoms with van der Waals surface area (Å²) in [6.07, 6.45) is 2.44. The molecule has 92 valence electrons. The third kappa shape index (κ3) is 1.78. The van der Waals surface area contributed by atoms with Crippen LogP contribution in [-0.2, 0) is 5.60 Å². The van der Waals surface area contributed by atoms with E-state index in [9.17, 15) is 5.11 Å². The fourth-order valence-corrected chi connectivity index (χ4v) is 2.54. The highest BCUT2D eigenvalue weighted by Crippen LogP contribution is 2.51. The largest absolute Gasteiger partial charge is 0.489 e. The maximum Gasteiger partial charge on any atom is 0.180 e. The number of halogens is 1. The van der Waals surface area contributed by atoms with Crippen LogP contribution in [0.3, 0.4) is 0 Å². The molecule has 3 nitrogen and oxygen atoms in total. The normalized spacial score (nSPS) is 20.9. The molecule has 0 unspecified atom stereocenters. The van der Waals surface area contributed by atoms with Gasteiger partial charge in [-0.05, 0) is 31.4 Å². The molecule has 1 aliphatic heterocycles. The third-order valence-electron chi connectivity index (χ3n) is 3.45. The first-order valence-corrected chi connectivity index (χ1v) is 6.31. The lowest BCUT2D eigenvalue weighted by Gasteiger charge is -2.18. The molecular weight excluding hydrogens is 240 g/mol. The van der Waals surface area contributed by atoms with E-state index in [1.807, 2.05) is 13.0 Å². The van der Waals surface area contributed by atoms with Crippen LogP contribution in [0.25, 0.3) is 0 Å². The Morgan fingerprint density at radius 3 is 2.53 bits per heavy atom. The maximum absolute atomic E-state index is 10.2. The highest BCUT2D eigenvalue weighted by atomic mass is 35.5. The molecule has 1 aromatic rings. The second-order valence-electron chi connectivity index (χ2n) is 4.77. The Hall–Kier alpha value is -0.930. The number of fused-ring (bicyclic) bond motifs is 1. The van der Waals surface area contributed by atoms with Gasteiger partial charge >= 0.3 is 0 Å². The van der Waals surface area contributed by atoms with Crippen LogP contribution in [0, 0.1) is 6.92 Å². The van der Waals surface area contributed by atoms with Gasteiger partial charge in [-0.1, -0.05) is 11.6 Å². The number of benzene rings is 1. The van der Waals surface area contributed by atoms with Crippen LogP contribution in [0.1, 0.15) is 30.4 Å². The summed E-state index contributed by atoms with van der Waals surface area (Å²) in [6, 6.07) is 1.82. The molecule has 0 amide bonds. The monoisotopic (exact) mass is 254 g/mol. The summed E-state index contributed by atoms with van der Waals surface area (Å²) < 4.78 is 11.3. The van der Waals surface area contributed by atoms with Crippen LogP contribution in [-0.4, -0.2) is 18.3 Å². The fourth-order valence-electron chi connectivity index (χ4n) is 2.29. The van der Waals surface area contributed by atoms with Crippen LogP contribution < -0.4 is 9.47 Å². The van der Waals surface area contributed by atoms with Crippen molar-refractivity contribution in [3.05, 3.63) is 22.2 Å². The van der Waals surface area contributed by atoms with E-state index in [0.717, 1.165) is 30.4 Å². The molecule has 1 aromatic carbocycles. The molecule has 0 saturated heterocycles. The quantitative estimate of drug-likeness (QED) is 0.838. The standard InChI is InChI=1S/C13H15ClO3/c1-8-9(13(15)3-4-13)7-10(14)12-11(8)16-5-2-6-17-12/h7,15H,2-6H2,1H3. The van der Waals surface area contributed by atoms with Crippen LogP contribution in [0.15, 0.2) is 6.07 Å². The van der Waals surface area contributed by atoms with E-state index in [0.29, 0.717) is 29.7 Å². The van der Waals surface area contributed by atoms with Crippen molar-refractivity contribution in [3.63, 3.8) is 0 Å². The summed E-state index contributed by atoms with van der Waals surface area (Å²) in [5, 5.41) is 10.8. The van der Waals surface area contributed by atoms with Crippen molar-refractivity contribution in [1.29, 1.82) is 0 Å². The zero-order valence-corrected chi connectivity index (χ0v) is 10.5. The van der Waals surface area contributed by atoms with Gasteiger partial charge in [-0.25, -0.2) is 0 Å². The Morgan fingerprint density at radius 1 is 1.24 bits per heavy atom. The molecule has 1 aliphatic carbocycles. The third-order valence-corrected chi connectivity index (χ3v) is 3.73. The Morgan fingerprint density at radius 2 is 1.88 bits per heavy atom. The molecule has 0 spiro atoms. The smallest absolute Gasteiger partial charge is 0.180 e. The minimum atomic E-state index is -0.696. The summed E-state index contributed by atoms with van der Waals surface area (Å²) in [4.78, 5) is 0. The summed E-state index contributed by atoms with van der Waals surface area (Å²) in [6.45, 7) is 3.21. The second kappa shape index (κ2) is 3.79.